The second kappa shape index (κ2) is 9.64. The average Bonchev–Trinajstić information content (AvgIpc) is 3.52. The molecule has 0 amide bonds. The van der Waals surface area contributed by atoms with Crippen molar-refractivity contribution < 1.29 is 35.9 Å². The number of aromatic nitrogens is 3. The van der Waals surface area contributed by atoms with Crippen molar-refractivity contribution in [2.75, 3.05) is 6.61 Å². The van der Waals surface area contributed by atoms with E-state index in [0.717, 1.165) is 54.4 Å². The van der Waals surface area contributed by atoms with E-state index in [9.17, 15) is 26.3 Å². The fourth-order valence-electron chi connectivity index (χ4n) is 5.35. The van der Waals surface area contributed by atoms with Crippen molar-refractivity contribution in [3.05, 3.63) is 71.9 Å². The zero-order valence-corrected chi connectivity index (χ0v) is 19.5. The first-order chi connectivity index (χ1) is 17.6. The highest BCUT2D eigenvalue weighted by Crippen LogP contribution is 2.51. The summed E-state index contributed by atoms with van der Waals surface area (Å²) in [7, 11) is 0. The van der Waals surface area contributed by atoms with Crippen LogP contribution in [0.25, 0.3) is 5.69 Å². The fourth-order valence-corrected chi connectivity index (χ4v) is 5.35. The second-order valence-corrected chi connectivity index (χ2v) is 9.36. The van der Waals surface area contributed by atoms with Crippen LogP contribution in [0.15, 0.2) is 55.0 Å². The van der Waals surface area contributed by atoms with Crippen LogP contribution in [0.4, 0.5) is 26.3 Å². The number of benzene rings is 1. The number of hydroxylamine groups is 1. The second-order valence-electron chi connectivity index (χ2n) is 9.36. The number of pyridine rings is 1. The molecule has 1 aliphatic heterocycles. The highest BCUT2D eigenvalue weighted by Gasteiger charge is 2.50. The van der Waals surface area contributed by atoms with Gasteiger partial charge in [0.2, 0.25) is 11.7 Å². The molecule has 3 atom stereocenters. The number of imidazole rings is 1. The van der Waals surface area contributed by atoms with Crippen molar-refractivity contribution in [1.29, 1.82) is 0 Å². The minimum absolute atomic E-state index is 0.00909. The predicted molar refractivity (Wildman–Crippen MR) is 120 cm³/mol. The molecule has 3 heterocycles. The molecule has 2 fully saturated rings. The Morgan fingerprint density at radius 3 is 2.59 bits per heavy atom. The first-order valence-corrected chi connectivity index (χ1v) is 11.8. The fraction of sp³-hybridized carbons (Fsp3) is 0.440. The van der Waals surface area contributed by atoms with Gasteiger partial charge in [-0.25, -0.2) is 9.97 Å². The van der Waals surface area contributed by atoms with Crippen molar-refractivity contribution in [2.45, 2.75) is 62.0 Å². The number of alkyl halides is 6. The van der Waals surface area contributed by atoms with Crippen molar-refractivity contribution in [3.63, 3.8) is 0 Å². The quantitative estimate of drug-likeness (QED) is 0.396. The lowest BCUT2D eigenvalue weighted by Crippen LogP contribution is -2.39. The van der Waals surface area contributed by atoms with Crippen LogP contribution in [-0.2, 0) is 11.0 Å². The van der Waals surface area contributed by atoms with Crippen molar-refractivity contribution in [2.24, 2.45) is 0 Å². The smallest absolute Gasteiger partial charge is 0.450 e. The molecule has 6 nitrogen and oxygen atoms in total. The van der Waals surface area contributed by atoms with Crippen LogP contribution >= 0.6 is 0 Å². The zero-order valence-electron chi connectivity index (χ0n) is 19.5. The Balaban J connectivity index is 1.51. The van der Waals surface area contributed by atoms with E-state index < -0.39 is 36.4 Å². The van der Waals surface area contributed by atoms with Crippen molar-refractivity contribution in [1.82, 2.24) is 20.0 Å². The average molecular weight is 526 g/mol. The van der Waals surface area contributed by atoms with E-state index in [0.29, 0.717) is 6.42 Å². The number of ether oxygens (including phenoxy) is 1. The first kappa shape index (κ1) is 25.5. The lowest BCUT2D eigenvalue weighted by atomic mass is 9.69. The molecule has 0 unspecified atom stereocenters. The summed E-state index contributed by atoms with van der Waals surface area (Å²) in [6, 6.07) is 10.5. The van der Waals surface area contributed by atoms with E-state index in [1.165, 1.54) is 6.07 Å². The minimum Gasteiger partial charge on any atom is -0.468 e. The molecule has 1 aromatic carbocycles. The van der Waals surface area contributed by atoms with Crippen LogP contribution < -0.4 is 10.2 Å². The van der Waals surface area contributed by atoms with Crippen LogP contribution in [0.2, 0.25) is 0 Å². The summed E-state index contributed by atoms with van der Waals surface area (Å²) in [6.45, 7) is -1.59. The van der Waals surface area contributed by atoms with Crippen LogP contribution in [0.3, 0.4) is 0 Å². The number of halogens is 6. The van der Waals surface area contributed by atoms with Gasteiger partial charge in [-0.05, 0) is 24.5 Å². The lowest BCUT2D eigenvalue weighted by molar-refractivity contribution is -0.154. The van der Waals surface area contributed by atoms with Gasteiger partial charge >= 0.3 is 12.4 Å². The van der Waals surface area contributed by atoms with Gasteiger partial charge in [0.05, 0.1) is 23.5 Å². The van der Waals surface area contributed by atoms with Crippen molar-refractivity contribution in [3.8, 4) is 11.6 Å². The van der Waals surface area contributed by atoms with Gasteiger partial charge in [0.15, 0.2) is 6.61 Å². The molecule has 12 heteroatoms. The topological polar surface area (TPSA) is 61.2 Å². The highest BCUT2D eigenvalue weighted by molar-refractivity contribution is 5.42. The number of hydrogen-bond acceptors (Lipinski definition) is 5. The van der Waals surface area contributed by atoms with Crippen LogP contribution in [-0.4, -0.2) is 32.9 Å². The van der Waals surface area contributed by atoms with Crippen molar-refractivity contribution >= 4 is 0 Å². The molecule has 2 aliphatic rings. The number of nitrogens with one attached hydrogen (secondary N) is 1. The molecule has 1 aliphatic carbocycles. The van der Waals surface area contributed by atoms with Gasteiger partial charge in [0.1, 0.15) is 0 Å². The molecule has 3 aromatic rings. The minimum atomic E-state index is -4.74. The summed E-state index contributed by atoms with van der Waals surface area (Å²) < 4.78 is 85.0. The van der Waals surface area contributed by atoms with Gasteiger partial charge in [0.25, 0.3) is 0 Å². The van der Waals surface area contributed by atoms with Gasteiger partial charge in [0, 0.05) is 30.3 Å². The molecule has 37 heavy (non-hydrogen) atoms. The number of rotatable bonds is 5. The van der Waals surface area contributed by atoms with E-state index in [-0.39, 0.29) is 23.0 Å². The SMILES string of the molecule is FC(F)(F)COc1ncc(-n2ccnc2C(F)(F)F)cc1[C@@H]1C[C@@]2(CCCC[C@H]2c2ccccc2)ON1. The monoisotopic (exact) mass is 526 g/mol. The maximum atomic E-state index is 13.5. The third kappa shape index (κ3) is 5.30. The van der Waals surface area contributed by atoms with Crippen LogP contribution in [0.5, 0.6) is 5.88 Å². The van der Waals surface area contributed by atoms with E-state index in [4.69, 9.17) is 9.57 Å². The Kier molecular flexibility index (Phi) is 6.65. The summed E-state index contributed by atoms with van der Waals surface area (Å²) in [4.78, 5) is 13.5. The standard InChI is InChI=1S/C25H24F6N4O2/c26-24(27,28)15-36-21-18(12-17(14-33-21)35-11-10-32-22(35)25(29,30)31)20-13-23(37-34-20)9-5-4-8-19(23)16-6-2-1-3-7-16/h1-3,6-7,10-12,14,19-20,34H,4-5,8-9,13,15H2/t19-,20-,23+/m0/s1. The lowest BCUT2D eigenvalue weighted by Gasteiger charge is -2.40. The molecule has 1 spiro atoms. The van der Waals surface area contributed by atoms with E-state index in [1.54, 1.807) is 0 Å². The maximum Gasteiger partial charge on any atom is 0.450 e. The van der Waals surface area contributed by atoms with Gasteiger partial charge in [-0.15, -0.1) is 0 Å². The normalized spacial score (nSPS) is 24.5. The molecule has 0 bridgehead atoms. The third-order valence-electron chi connectivity index (χ3n) is 6.92. The first-order valence-electron chi connectivity index (χ1n) is 11.8. The largest absolute Gasteiger partial charge is 0.468 e. The number of nitrogens with zero attached hydrogens (tertiary/aromatic N) is 3. The van der Waals surface area contributed by atoms with Gasteiger partial charge in [-0.2, -0.15) is 31.8 Å². The van der Waals surface area contributed by atoms with E-state index in [1.807, 2.05) is 30.3 Å². The Hall–Kier alpha value is -3.12. The Bertz CT molecular complexity index is 1230. The maximum absolute atomic E-state index is 13.5. The summed E-state index contributed by atoms with van der Waals surface area (Å²) in [5, 5.41) is 0. The predicted octanol–water partition coefficient (Wildman–Crippen LogP) is 6.29. The molecule has 2 aromatic heterocycles. The summed E-state index contributed by atoms with van der Waals surface area (Å²) in [6.07, 6.45) is -2.31. The van der Waals surface area contributed by atoms with E-state index in [2.05, 4.69) is 15.4 Å². The highest BCUT2D eigenvalue weighted by atomic mass is 19.4. The summed E-state index contributed by atoms with van der Waals surface area (Å²) >= 11 is 0. The molecule has 1 saturated heterocycles. The third-order valence-corrected chi connectivity index (χ3v) is 6.92. The van der Waals surface area contributed by atoms with Gasteiger partial charge in [-0.1, -0.05) is 43.2 Å². The van der Waals surface area contributed by atoms with Crippen LogP contribution in [0, 0.1) is 0 Å². The Morgan fingerprint density at radius 1 is 1.08 bits per heavy atom. The number of hydrogen-bond donors (Lipinski definition) is 1. The zero-order chi connectivity index (χ0) is 26.3. The molecule has 198 valence electrons. The Morgan fingerprint density at radius 2 is 1.86 bits per heavy atom. The van der Waals surface area contributed by atoms with Gasteiger partial charge in [-0.3, -0.25) is 9.40 Å². The summed E-state index contributed by atoms with van der Waals surface area (Å²) in [5.41, 5.74) is 3.57. The van der Waals surface area contributed by atoms with Gasteiger partial charge < -0.3 is 4.74 Å². The summed E-state index contributed by atoms with van der Waals surface area (Å²) in [5.74, 6) is -1.45. The van der Waals surface area contributed by atoms with E-state index >= 15 is 0 Å². The molecule has 0 radical (unpaired) electrons. The molecular weight excluding hydrogens is 502 g/mol. The molecular formula is C25H24F6N4O2. The molecule has 1 saturated carbocycles. The molecule has 5 rings (SSSR count). The van der Waals surface area contributed by atoms with Crippen LogP contribution in [0.1, 0.15) is 61.0 Å². The Labute approximate surface area is 208 Å². The molecule has 1 N–H and O–H groups in total.